The molecule has 0 spiro atoms. The molecular weight excluding hydrogens is 468 g/mol. The Labute approximate surface area is 212 Å². The lowest BCUT2D eigenvalue weighted by molar-refractivity contribution is -0.0378. The van der Waals surface area contributed by atoms with Crippen LogP contribution in [0.25, 0.3) is 11.0 Å². The number of nitrogens with zero attached hydrogens (tertiary/aromatic N) is 3. The minimum atomic E-state index is -0.851. The zero-order valence-electron chi connectivity index (χ0n) is 21.5. The van der Waals surface area contributed by atoms with E-state index in [2.05, 4.69) is 20.9 Å². The van der Waals surface area contributed by atoms with Crippen molar-refractivity contribution in [3.8, 4) is 0 Å². The van der Waals surface area contributed by atoms with Crippen LogP contribution in [0, 0.1) is 5.92 Å². The standard InChI is InChI=1S/C25H41ClN6O3/c1-24(2,34)10-12-32-20-13-17(8-9-19(20)30(5)23(32)33)28-21-18(26)14-27-22(29-21)31-11-6-7-16(15-31)25(3,4)35/h8-9,13,16,18,21-22,27-29,34-35H,6-7,10-12,14-15H2,1-5H3. The number of aryl methyl sites for hydroxylation is 2. The second-order valence-corrected chi connectivity index (χ2v) is 11.9. The van der Waals surface area contributed by atoms with Crippen molar-refractivity contribution < 1.29 is 10.2 Å². The highest BCUT2D eigenvalue weighted by Crippen LogP contribution is 2.28. The van der Waals surface area contributed by atoms with Crippen molar-refractivity contribution in [1.82, 2.24) is 24.7 Å². The van der Waals surface area contributed by atoms with Gasteiger partial charge in [0, 0.05) is 38.9 Å². The van der Waals surface area contributed by atoms with E-state index in [4.69, 9.17) is 11.6 Å². The van der Waals surface area contributed by atoms with Crippen molar-refractivity contribution in [1.29, 1.82) is 0 Å². The van der Waals surface area contributed by atoms with Crippen LogP contribution in [0.2, 0.25) is 0 Å². The van der Waals surface area contributed by atoms with Gasteiger partial charge in [0.25, 0.3) is 0 Å². The highest BCUT2D eigenvalue weighted by atomic mass is 35.5. The Morgan fingerprint density at radius 1 is 1.20 bits per heavy atom. The number of anilines is 1. The van der Waals surface area contributed by atoms with Gasteiger partial charge < -0.3 is 15.5 Å². The lowest BCUT2D eigenvalue weighted by atomic mass is 9.84. The first-order valence-electron chi connectivity index (χ1n) is 12.6. The van der Waals surface area contributed by atoms with E-state index in [-0.39, 0.29) is 29.4 Å². The number of likely N-dealkylation sites (tertiary alicyclic amines) is 1. The quantitative estimate of drug-likeness (QED) is 0.363. The molecule has 5 N–H and O–H groups in total. The zero-order chi connectivity index (χ0) is 25.5. The van der Waals surface area contributed by atoms with Gasteiger partial charge in [-0.25, -0.2) is 4.79 Å². The molecule has 2 aliphatic heterocycles. The minimum Gasteiger partial charge on any atom is -0.390 e. The van der Waals surface area contributed by atoms with Crippen molar-refractivity contribution in [3.05, 3.63) is 28.7 Å². The normalized spacial score (nSPS) is 26.9. The van der Waals surface area contributed by atoms with Gasteiger partial charge in [-0.05, 0) is 71.1 Å². The van der Waals surface area contributed by atoms with Crippen LogP contribution >= 0.6 is 11.6 Å². The molecule has 4 atom stereocenters. The van der Waals surface area contributed by atoms with Crippen molar-refractivity contribution in [2.75, 3.05) is 25.0 Å². The molecule has 1 aromatic heterocycles. The number of benzene rings is 1. The highest BCUT2D eigenvalue weighted by Gasteiger charge is 2.37. The van der Waals surface area contributed by atoms with Crippen molar-refractivity contribution in [2.45, 2.75) is 82.5 Å². The highest BCUT2D eigenvalue weighted by molar-refractivity contribution is 6.21. The van der Waals surface area contributed by atoms with Gasteiger partial charge in [-0.1, -0.05) is 0 Å². The summed E-state index contributed by atoms with van der Waals surface area (Å²) < 4.78 is 3.36. The molecule has 0 amide bonds. The van der Waals surface area contributed by atoms with Crippen LogP contribution in [-0.2, 0) is 13.6 Å². The molecule has 2 aliphatic rings. The van der Waals surface area contributed by atoms with Crippen molar-refractivity contribution in [2.24, 2.45) is 13.0 Å². The number of aliphatic hydroxyl groups is 2. The van der Waals surface area contributed by atoms with Crippen molar-refractivity contribution >= 4 is 28.3 Å². The molecule has 2 fully saturated rings. The average Bonchev–Trinajstić information content (AvgIpc) is 3.02. The third-order valence-electron chi connectivity index (χ3n) is 7.44. The molecule has 9 nitrogen and oxygen atoms in total. The van der Waals surface area contributed by atoms with Crippen LogP contribution in [0.3, 0.4) is 0 Å². The fourth-order valence-corrected chi connectivity index (χ4v) is 5.37. The van der Waals surface area contributed by atoms with Crippen LogP contribution in [-0.4, -0.2) is 72.9 Å². The minimum absolute atomic E-state index is 0.0435. The number of imidazole rings is 1. The number of piperidine rings is 1. The van der Waals surface area contributed by atoms with Gasteiger partial charge in [-0.3, -0.25) is 24.7 Å². The molecule has 3 heterocycles. The molecular formula is C25H41ClN6O3. The fourth-order valence-electron chi connectivity index (χ4n) is 5.14. The third-order valence-corrected chi connectivity index (χ3v) is 7.84. The number of rotatable bonds is 7. The molecule has 196 valence electrons. The van der Waals surface area contributed by atoms with E-state index in [1.807, 2.05) is 32.0 Å². The lowest BCUT2D eigenvalue weighted by Crippen LogP contribution is -2.69. The van der Waals surface area contributed by atoms with Crippen LogP contribution in [0.4, 0.5) is 5.69 Å². The molecule has 10 heteroatoms. The molecule has 0 radical (unpaired) electrons. The summed E-state index contributed by atoms with van der Waals surface area (Å²) in [5.41, 5.74) is 0.899. The van der Waals surface area contributed by atoms with E-state index < -0.39 is 11.2 Å². The van der Waals surface area contributed by atoms with Crippen LogP contribution < -0.4 is 21.6 Å². The topological polar surface area (TPSA) is 107 Å². The number of fused-ring (bicyclic) bond motifs is 1. The predicted octanol–water partition coefficient (Wildman–Crippen LogP) is 1.81. The summed E-state index contributed by atoms with van der Waals surface area (Å²) in [6, 6.07) is 5.89. The van der Waals surface area contributed by atoms with Gasteiger partial charge in [0.15, 0.2) is 0 Å². The Morgan fingerprint density at radius 3 is 2.63 bits per heavy atom. The second kappa shape index (κ2) is 10.0. The largest absolute Gasteiger partial charge is 0.390 e. The number of hydrogen-bond donors (Lipinski definition) is 5. The number of aromatic nitrogens is 2. The Morgan fingerprint density at radius 2 is 1.94 bits per heavy atom. The van der Waals surface area contributed by atoms with Gasteiger partial charge in [-0.2, -0.15) is 0 Å². The summed E-state index contributed by atoms with van der Waals surface area (Å²) in [5, 5.41) is 31.1. The van der Waals surface area contributed by atoms with E-state index in [1.54, 1.807) is 30.0 Å². The number of nitrogens with one attached hydrogen (secondary N) is 3. The molecule has 4 unspecified atom stereocenters. The van der Waals surface area contributed by atoms with Crippen molar-refractivity contribution in [3.63, 3.8) is 0 Å². The van der Waals surface area contributed by atoms with Crippen LogP contribution in [0.1, 0.15) is 47.0 Å². The average molecular weight is 509 g/mol. The van der Waals surface area contributed by atoms with E-state index in [9.17, 15) is 15.0 Å². The van der Waals surface area contributed by atoms with Crippen LogP contribution in [0.15, 0.2) is 23.0 Å². The summed E-state index contributed by atoms with van der Waals surface area (Å²) in [6.07, 6.45) is 2.33. The molecule has 4 rings (SSSR count). The first-order chi connectivity index (χ1) is 16.3. The zero-order valence-corrected chi connectivity index (χ0v) is 22.3. The first kappa shape index (κ1) is 26.4. The van der Waals surface area contributed by atoms with E-state index in [0.29, 0.717) is 19.5 Å². The number of hydrogen-bond acceptors (Lipinski definition) is 7. The Hall–Kier alpha value is -1.62. The van der Waals surface area contributed by atoms with Gasteiger partial charge >= 0.3 is 5.69 Å². The van der Waals surface area contributed by atoms with E-state index in [1.165, 1.54) is 0 Å². The number of alkyl halides is 1. The van der Waals surface area contributed by atoms with Gasteiger partial charge in [0.2, 0.25) is 0 Å². The SMILES string of the molecule is Cn1c(=O)n(CCC(C)(C)O)c2cc(NC3NC(N4CCCC(C(C)(C)O)C4)NCC3Cl)ccc21. The van der Waals surface area contributed by atoms with Gasteiger partial charge in [0.05, 0.1) is 33.8 Å². The maximum atomic E-state index is 12.8. The van der Waals surface area contributed by atoms with E-state index >= 15 is 0 Å². The molecule has 0 saturated carbocycles. The van der Waals surface area contributed by atoms with E-state index in [0.717, 1.165) is 42.7 Å². The Bertz CT molecular complexity index is 1090. The Kier molecular flexibility index (Phi) is 7.58. The fraction of sp³-hybridized carbons (Fsp3) is 0.720. The smallest absolute Gasteiger partial charge is 0.328 e. The lowest BCUT2D eigenvalue weighted by Gasteiger charge is -2.46. The summed E-state index contributed by atoms with van der Waals surface area (Å²) >= 11 is 6.68. The predicted molar refractivity (Wildman–Crippen MR) is 141 cm³/mol. The summed E-state index contributed by atoms with van der Waals surface area (Å²) in [6.45, 7) is 10.1. The summed E-state index contributed by atoms with van der Waals surface area (Å²) in [5.74, 6) is 0.223. The molecule has 1 aromatic carbocycles. The maximum absolute atomic E-state index is 12.8. The molecule has 2 aromatic rings. The van der Waals surface area contributed by atoms with Crippen LogP contribution in [0.5, 0.6) is 0 Å². The van der Waals surface area contributed by atoms with Gasteiger partial charge in [-0.15, -0.1) is 11.6 Å². The molecule has 2 saturated heterocycles. The summed E-state index contributed by atoms with van der Waals surface area (Å²) in [7, 11) is 1.77. The monoisotopic (exact) mass is 508 g/mol. The third kappa shape index (κ3) is 6.03. The molecule has 0 bridgehead atoms. The molecule has 35 heavy (non-hydrogen) atoms. The summed E-state index contributed by atoms with van der Waals surface area (Å²) in [4.78, 5) is 15.2. The maximum Gasteiger partial charge on any atom is 0.328 e. The first-order valence-corrected chi connectivity index (χ1v) is 13.1. The van der Waals surface area contributed by atoms with Gasteiger partial charge in [0.1, 0.15) is 6.29 Å². The molecule has 0 aliphatic carbocycles. The number of halogens is 1. The second-order valence-electron chi connectivity index (χ2n) is 11.4. The Balaban J connectivity index is 1.51.